The molecule has 0 aliphatic carbocycles. The van der Waals surface area contributed by atoms with Gasteiger partial charge in [-0.05, 0) is 40.7 Å². The van der Waals surface area contributed by atoms with Crippen LogP contribution in [0.3, 0.4) is 0 Å². The number of amides is 1. The molecule has 0 unspecified atom stereocenters. The first kappa shape index (κ1) is 14.0. The lowest BCUT2D eigenvalue weighted by Gasteiger charge is -2.34. The topological polar surface area (TPSA) is 38.8 Å². The minimum absolute atomic E-state index is 0.270. The quantitative estimate of drug-likeness (QED) is 0.713. The molecule has 0 aromatic carbocycles. The van der Waals surface area contributed by atoms with Crippen molar-refractivity contribution in [1.82, 2.24) is 4.90 Å². The summed E-state index contributed by atoms with van der Waals surface area (Å²) >= 11 is 0. The van der Waals surface area contributed by atoms with E-state index >= 15 is 0 Å². The average Bonchev–Trinajstić information content (AvgIpc) is 2.39. The van der Waals surface area contributed by atoms with Crippen LogP contribution in [-0.2, 0) is 9.47 Å². The second kappa shape index (κ2) is 4.64. The smallest absolute Gasteiger partial charge is 0.413 e. The standard InChI is InChI=1S/C12H20FNO3/c1-11(2,3)17-10(15)14-9(6-7-13)8-16-12(14,4)5/h6-7,9H,8H2,1-5H3/b7-6+/t9-/m0/s1. The summed E-state index contributed by atoms with van der Waals surface area (Å²) in [6.07, 6.45) is 1.22. The second-order valence-electron chi connectivity index (χ2n) is 5.49. The Labute approximate surface area is 101 Å². The van der Waals surface area contributed by atoms with E-state index in [0.29, 0.717) is 6.33 Å². The highest BCUT2D eigenvalue weighted by molar-refractivity contribution is 5.70. The van der Waals surface area contributed by atoms with E-state index in [9.17, 15) is 9.18 Å². The monoisotopic (exact) mass is 245 g/mol. The summed E-state index contributed by atoms with van der Waals surface area (Å²) in [5.74, 6) is 0. The molecule has 98 valence electrons. The molecule has 17 heavy (non-hydrogen) atoms. The summed E-state index contributed by atoms with van der Waals surface area (Å²) < 4.78 is 23.0. The Morgan fingerprint density at radius 2 is 2.12 bits per heavy atom. The van der Waals surface area contributed by atoms with Gasteiger partial charge in [0.05, 0.1) is 19.0 Å². The Balaban J connectivity index is 2.86. The van der Waals surface area contributed by atoms with Crippen molar-refractivity contribution in [2.45, 2.75) is 52.0 Å². The summed E-state index contributed by atoms with van der Waals surface area (Å²) in [6.45, 7) is 9.14. The van der Waals surface area contributed by atoms with Gasteiger partial charge in [0.25, 0.3) is 0 Å². The van der Waals surface area contributed by atoms with Gasteiger partial charge >= 0.3 is 6.09 Å². The zero-order valence-electron chi connectivity index (χ0n) is 11.0. The molecule has 0 radical (unpaired) electrons. The number of hydrogen-bond acceptors (Lipinski definition) is 3. The highest BCUT2D eigenvalue weighted by Gasteiger charge is 2.44. The summed E-state index contributed by atoms with van der Waals surface area (Å²) in [6, 6.07) is -0.426. The van der Waals surface area contributed by atoms with E-state index in [2.05, 4.69) is 0 Å². The fourth-order valence-electron chi connectivity index (χ4n) is 1.72. The van der Waals surface area contributed by atoms with Crippen molar-refractivity contribution < 1.29 is 18.7 Å². The van der Waals surface area contributed by atoms with Crippen LogP contribution in [0.5, 0.6) is 0 Å². The van der Waals surface area contributed by atoms with Crippen LogP contribution < -0.4 is 0 Å². The SMILES string of the molecule is CC(C)(C)OC(=O)N1[C@@H](/C=C/F)COC1(C)C. The molecule has 1 atom stereocenters. The van der Waals surface area contributed by atoms with Gasteiger partial charge in [-0.1, -0.05) is 0 Å². The van der Waals surface area contributed by atoms with Crippen LogP contribution in [-0.4, -0.2) is 35.0 Å². The number of rotatable bonds is 1. The van der Waals surface area contributed by atoms with Gasteiger partial charge in [-0.25, -0.2) is 9.18 Å². The number of carbonyl (C=O) groups excluding carboxylic acids is 1. The number of ether oxygens (including phenoxy) is 2. The molecule has 0 N–H and O–H groups in total. The Kier molecular flexibility index (Phi) is 3.81. The molecule has 1 rings (SSSR count). The zero-order valence-corrected chi connectivity index (χ0v) is 11.0. The lowest BCUT2D eigenvalue weighted by Crippen LogP contribution is -2.49. The van der Waals surface area contributed by atoms with Crippen LogP contribution in [0.4, 0.5) is 9.18 Å². The van der Waals surface area contributed by atoms with Crippen LogP contribution in [0.25, 0.3) is 0 Å². The molecule has 0 aromatic rings. The Morgan fingerprint density at radius 3 is 2.59 bits per heavy atom. The normalized spacial score (nSPS) is 24.4. The van der Waals surface area contributed by atoms with E-state index in [1.165, 1.54) is 11.0 Å². The van der Waals surface area contributed by atoms with Crippen LogP contribution >= 0.6 is 0 Å². The van der Waals surface area contributed by atoms with Gasteiger partial charge in [-0.2, -0.15) is 0 Å². The number of carbonyl (C=O) groups is 1. The van der Waals surface area contributed by atoms with Crippen molar-refractivity contribution in [1.29, 1.82) is 0 Å². The fraction of sp³-hybridized carbons (Fsp3) is 0.750. The van der Waals surface area contributed by atoms with Crippen molar-refractivity contribution in [3.63, 3.8) is 0 Å². The van der Waals surface area contributed by atoms with E-state index in [1.807, 2.05) is 0 Å². The predicted octanol–water partition coefficient (Wildman–Crippen LogP) is 2.84. The molecule has 0 saturated carbocycles. The van der Waals surface area contributed by atoms with Gasteiger partial charge in [-0.3, -0.25) is 4.90 Å². The van der Waals surface area contributed by atoms with Gasteiger partial charge in [0.15, 0.2) is 0 Å². The summed E-state index contributed by atoms with van der Waals surface area (Å²) in [5, 5.41) is 0. The number of hydrogen-bond donors (Lipinski definition) is 0. The minimum Gasteiger partial charge on any atom is -0.444 e. The highest BCUT2D eigenvalue weighted by atomic mass is 19.1. The van der Waals surface area contributed by atoms with Gasteiger partial charge in [-0.15, -0.1) is 0 Å². The molecule has 1 aliphatic rings. The molecule has 5 heteroatoms. The molecule has 1 amide bonds. The predicted molar refractivity (Wildman–Crippen MR) is 62.1 cm³/mol. The molecule has 1 aliphatic heterocycles. The number of nitrogens with zero attached hydrogens (tertiary/aromatic N) is 1. The Morgan fingerprint density at radius 1 is 1.53 bits per heavy atom. The molecular weight excluding hydrogens is 225 g/mol. The summed E-state index contributed by atoms with van der Waals surface area (Å²) in [7, 11) is 0. The molecule has 0 spiro atoms. The van der Waals surface area contributed by atoms with E-state index < -0.39 is 23.5 Å². The first-order valence-electron chi connectivity index (χ1n) is 5.60. The van der Waals surface area contributed by atoms with Crippen molar-refractivity contribution in [3.05, 3.63) is 12.4 Å². The Hall–Kier alpha value is -1.10. The maximum Gasteiger partial charge on any atom is 0.413 e. The van der Waals surface area contributed by atoms with Gasteiger partial charge in [0.2, 0.25) is 0 Å². The van der Waals surface area contributed by atoms with Gasteiger partial charge in [0, 0.05) is 0 Å². The van der Waals surface area contributed by atoms with E-state index in [1.54, 1.807) is 34.6 Å². The molecule has 1 fully saturated rings. The molecule has 0 bridgehead atoms. The Bertz CT molecular complexity index is 320. The maximum absolute atomic E-state index is 12.3. The highest BCUT2D eigenvalue weighted by Crippen LogP contribution is 2.29. The summed E-state index contributed by atoms with van der Waals surface area (Å²) in [4.78, 5) is 13.4. The molecule has 4 nitrogen and oxygen atoms in total. The molecule has 0 aromatic heterocycles. The lowest BCUT2D eigenvalue weighted by atomic mass is 10.2. The second-order valence-corrected chi connectivity index (χ2v) is 5.49. The van der Waals surface area contributed by atoms with Crippen LogP contribution in [0.2, 0.25) is 0 Å². The van der Waals surface area contributed by atoms with E-state index in [0.717, 1.165) is 0 Å². The van der Waals surface area contributed by atoms with Crippen LogP contribution in [0, 0.1) is 0 Å². The van der Waals surface area contributed by atoms with Gasteiger partial charge in [0.1, 0.15) is 11.3 Å². The van der Waals surface area contributed by atoms with Crippen molar-refractivity contribution in [2.24, 2.45) is 0 Å². The van der Waals surface area contributed by atoms with E-state index in [-0.39, 0.29) is 6.61 Å². The lowest BCUT2D eigenvalue weighted by molar-refractivity contribution is -0.0610. The molecule has 1 heterocycles. The van der Waals surface area contributed by atoms with Crippen molar-refractivity contribution in [3.8, 4) is 0 Å². The fourth-order valence-corrected chi connectivity index (χ4v) is 1.72. The third-order valence-electron chi connectivity index (χ3n) is 2.40. The van der Waals surface area contributed by atoms with E-state index in [4.69, 9.17) is 9.47 Å². The molecule has 1 saturated heterocycles. The zero-order chi connectivity index (χ0) is 13.3. The van der Waals surface area contributed by atoms with Crippen molar-refractivity contribution in [2.75, 3.05) is 6.61 Å². The third kappa shape index (κ3) is 3.43. The van der Waals surface area contributed by atoms with Gasteiger partial charge < -0.3 is 9.47 Å². The van der Waals surface area contributed by atoms with Crippen molar-refractivity contribution >= 4 is 6.09 Å². The first-order valence-corrected chi connectivity index (χ1v) is 5.60. The number of halogens is 1. The minimum atomic E-state index is -0.785. The van der Waals surface area contributed by atoms with Crippen LogP contribution in [0.1, 0.15) is 34.6 Å². The molecular formula is C12H20FNO3. The average molecular weight is 245 g/mol. The van der Waals surface area contributed by atoms with Crippen LogP contribution in [0.15, 0.2) is 12.4 Å². The maximum atomic E-state index is 12.3. The first-order chi connectivity index (χ1) is 7.67. The largest absolute Gasteiger partial charge is 0.444 e. The third-order valence-corrected chi connectivity index (χ3v) is 2.40. The summed E-state index contributed by atoms with van der Waals surface area (Å²) in [5.41, 5.74) is -1.37.